The molecule has 1 unspecified atom stereocenters. The van der Waals surface area contributed by atoms with Gasteiger partial charge in [-0.15, -0.1) is 0 Å². The predicted octanol–water partition coefficient (Wildman–Crippen LogP) is 0.0723. The molecule has 0 radical (unpaired) electrons. The zero-order valence-electron chi connectivity index (χ0n) is 11.0. The number of benzene rings is 1. The molecule has 0 aromatic heterocycles. The van der Waals surface area contributed by atoms with E-state index in [2.05, 4.69) is 0 Å². The Bertz CT molecular complexity index is 553. The molecule has 104 valence electrons. The second-order valence-electron chi connectivity index (χ2n) is 4.57. The van der Waals surface area contributed by atoms with Gasteiger partial charge in [0.1, 0.15) is 18.5 Å². The number of hydrazine groups is 1. The number of nitrogens with zero attached hydrogens (tertiary/aromatic N) is 2. The van der Waals surface area contributed by atoms with Crippen molar-refractivity contribution >= 4 is 24.4 Å². The average Bonchev–Trinajstić information content (AvgIpc) is 2.66. The molecule has 0 bridgehead atoms. The largest absolute Gasteiger partial charge is 0.301 e. The molecule has 2 rings (SSSR count). The van der Waals surface area contributed by atoms with Crippen molar-refractivity contribution < 1.29 is 19.2 Å². The standard InChI is InChI=1S/C14H14N2O4/c1-15-13(19)12(14(20)16(15)6-7-17)8-10-2-4-11(9-18)5-3-10/h2-5,7,9,12H,6,8H2,1H3. The molecule has 0 aliphatic carbocycles. The van der Waals surface area contributed by atoms with Crippen molar-refractivity contribution in [1.82, 2.24) is 10.0 Å². The van der Waals surface area contributed by atoms with E-state index in [0.717, 1.165) is 16.9 Å². The molecule has 0 spiro atoms. The average molecular weight is 274 g/mol. The number of hydrogen-bond acceptors (Lipinski definition) is 4. The molecule has 1 atom stereocenters. The van der Waals surface area contributed by atoms with Crippen LogP contribution in [0.4, 0.5) is 0 Å². The van der Waals surface area contributed by atoms with Crippen molar-refractivity contribution in [2.75, 3.05) is 13.6 Å². The molecule has 6 heteroatoms. The van der Waals surface area contributed by atoms with Gasteiger partial charge < -0.3 is 4.79 Å². The first-order valence-corrected chi connectivity index (χ1v) is 6.15. The first-order valence-electron chi connectivity index (χ1n) is 6.15. The third-order valence-corrected chi connectivity index (χ3v) is 3.33. The summed E-state index contributed by atoms with van der Waals surface area (Å²) in [7, 11) is 1.47. The smallest absolute Gasteiger partial charge is 0.254 e. The van der Waals surface area contributed by atoms with Crippen LogP contribution in [0.15, 0.2) is 24.3 Å². The summed E-state index contributed by atoms with van der Waals surface area (Å²) in [5.74, 6) is -1.50. The summed E-state index contributed by atoms with van der Waals surface area (Å²) in [6.45, 7) is -0.123. The lowest BCUT2D eigenvalue weighted by molar-refractivity contribution is -0.145. The number of amides is 2. The lowest BCUT2D eigenvalue weighted by Gasteiger charge is -2.20. The van der Waals surface area contributed by atoms with E-state index >= 15 is 0 Å². The molecule has 1 aromatic carbocycles. The van der Waals surface area contributed by atoms with Crippen molar-refractivity contribution in [3.8, 4) is 0 Å². The van der Waals surface area contributed by atoms with Crippen LogP contribution < -0.4 is 0 Å². The van der Waals surface area contributed by atoms with E-state index in [1.54, 1.807) is 24.3 Å². The van der Waals surface area contributed by atoms with Crippen LogP contribution in [0.5, 0.6) is 0 Å². The lowest BCUT2D eigenvalue weighted by Crippen LogP contribution is -2.38. The summed E-state index contributed by atoms with van der Waals surface area (Å²) in [5.41, 5.74) is 1.33. The second kappa shape index (κ2) is 5.64. The normalized spacial score (nSPS) is 18.6. The second-order valence-corrected chi connectivity index (χ2v) is 4.57. The molecular formula is C14H14N2O4. The fraction of sp³-hybridized carbons (Fsp3) is 0.286. The van der Waals surface area contributed by atoms with E-state index in [0.29, 0.717) is 11.8 Å². The highest BCUT2D eigenvalue weighted by Crippen LogP contribution is 2.22. The first kappa shape index (κ1) is 13.9. The number of aldehydes is 2. The van der Waals surface area contributed by atoms with Crippen molar-refractivity contribution in [3.05, 3.63) is 35.4 Å². The third kappa shape index (κ3) is 2.45. The van der Waals surface area contributed by atoms with Crippen LogP contribution >= 0.6 is 0 Å². The van der Waals surface area contributed by atoms with Crippen molar-refractivity contribution in [1.29, 1.82) is 0 Å². The summed E-state index contributed by atoms with van der Waals surface area (Å²) in [4.78, 5) is 45.2. The van der Waals surface area contributed by atoms with Crippen LogP contribution in [-0.4, -0.2) is 48.0 Å². The van der Waals surface area contributed by atoms with Crippen LogP contribution in [-0.2, 0) is 20.8 Å². The van der Waals surface area contributed by atoms with E-state index < -0.39 is 5.92 Å². The minimum atomic E-state index is -0.804. The molecule has 0 saturated carbocycles. The van der Waals surface area contributed by atoms with E-state index in [-0.39, 0.29) is 24.8 Å². The van der Waals surface area contributed by atoms with Gasteiger partial charge in [-0.1, -0.05) is 24.3 Å². The summed E-state index contributed by atoms with van der Waals surface area (Å²) < 4.78 is 0. The van der Waals surface area contributed by atoms with Gasteiger partial charge in [-0.2, -0.15) is 0 Å². The maximum atomic E-state index is 12.1. The van der Waals surface area contributed by atoms with Gasteiger partial charge in [-0.05, 0) is 12.0 Å². The first-order chi connectivity index (χ1) is 9.58. The third-order valence-electron chi connectivity index (χ3n) is 3.33. The predicted molar refractivity (Wildman–Crippen MR) is 69.6 cm³/mol. The van der Waals surface area contributed by atoms with Gasteiger partial charge in [-0.25, -0.2) is 5.01 Å². The maximum Gasteiger partial charge on any atom is 0.254 e. The van der Waals surface area contributed by atoms with Crippen LogP contribution in [0.3, 0.4) is 0 Å². The maximum absolute atomic E-state index is 12.1. The van der Waals surface area contributed by atoms with Crippen molar-refractivity contribution in [2.45, 2.75) is 6.42 Å². The molecule has 2 amide bonds. The molecule has 1 heterocycles. The molecule has 1 aliphatic rings. The number of rotatable bonds is 5. The zero-order valence-corrected chi connectivity index (χ0v) is 11.0. The van der Waals surface area contributed by atoms with Gasteiger partial charge in [0.2, 0.25) is 0 Å². The van der Waals surface area contributed by atoms with Crippen LogP contribution in [0.2, 0.25) is 0 Å². The highest BCUT2D eigenvalue weighted by molar-refractivity contribution is 6.05. The topological polar surface area (TPSA) is 74.8 Å². The SMILES string of the molecule is CN1C(=O)C(Cc2ccc(C=O)cc2)C(=O)N1CC=O. The molecule has 20 heavy (non-hydrogen) atoms. The Balaban J connectivity index is 2.15. The fourth-order valence-electron chi connectivity index (χ4n) is 2.20. The van der Waals surface area contributed by atoms with Crippen LogP contribution in [0.1, 0.15) is 15.9 Å². The monoisotopic (exact) mass is 274 g/mol. The van der Waals surface area contributed by atoms with Gasteiger partial charge in [0.15, 0.2) is 0 Å². The molecule has 1 aromatic rings. The minimum Gasteiger partial charge on any atom is -0.301 e. The van der Waals surface area contributed by atoms with Crippen molar-refractivity contribution in [2.24, 2.45) is 5.92 Å². The van der Waals surface area contributed by atoms with Gasteiger partial charge in [0.05, 0.1) is 6.54 Å². The quantitative estimate of drug-likeness (QED) is 0.562. The molecule has 1 aliphatic heterocycles. The Morgan fingerprint density at radius 1 is 1.10 bits per heavy atom. The molecule has 1 saturated heterocycles. The fourth-order valence-corrected chi connectivity index (χ4v) is 2.20. The van der Waals surface area contributed by atoms with Crippen LogP contribution in [0, 0.1) is 5.92 Å². The molecule has 1 fully saturated rings. The Hall–Kier alpha value is -2.50. The number of hydrogen-bond donors (Lipinski definition) is 0. The zero-order chi connectivity index (χ0) is 14.7. The Morgan fingerprint density at radius 3 is 2.30 bits per heavy atom. The van der Waals surface area contributed by atoms with E-state index in [9.17, 15) is 19.2 Å². The van der Waals surface area contributed by atoms with E-state index in [1.165, 1.54) is 12.1 Å². The van der Waals surface area contributed by atoms with Gasteiger partial charge in [0.25, 0.3) is 11.8 Å². The number of carbonyl (C=O) groups is 4. The summed E-state index contributed by atoms with van der Waals surface area (Å²) >= 11 is 0. The van der Waals surface area contributed by atoms with Crippen molar-refractivity contribution in [3.63, 3.8) is 0 Å². The van der Waals surface area contributed by atoms with Crippen LogP contribution in [0.25, 0.3) is 0 Å². The van der Waals surface area contributed by atoms with Gasteiger partial charge in [-0.3, -0.25) is 19.4 Å². The summed E-state index contributed by atoms with van der Waals surface area (Å²) in [5, 5.41) is 2.32. The molecule has 0 N–H and O–H groups in total. The van der Waals surface area contributed by atoms with E-state index in [4.69, 9.17) is 0 Å². The molecule has 6 nitrogen and oxygen atoms in total. The highest BCUT2D eigenvalue weighted by Gasteiger charge is 2.43. The highest BCUT2D eigenvalue weighted by atomic mass is 16.2. The number of carbonyl (C=O) groups excluding carboxylic acids is 4. The molecular weight excluding hydrogens is 260 g/mol. The van der Waals surface area contributed by atoms with Gasteiger partial charge >= 0.3 is 0 Å². The summed E-state index contributed by atoms with van der Waals surface area (Å²) in [6, 6.07) is 6.71. The lowest BCUT2D eigenvalue weighted by atomic mass is 9.98. The Kier molecular flexibility index (Phi) is 3.93. The minimum absolute atomic E-state index is 0.123. The van der Waals surface area contributed by atoms with E-state index in [1.807, 2.05) is 0 Å². The Labute approximate surface area is 115 Å². The van der Waals surface area contributed by atoms with Gasteiger partial charge in [0, 0.05) is 12.6 Å². The summed E-state index contributed by atoms with van der Waals surface area (Å²) in [6.07, 6.45) is 1.58. The Morgan fingerprint density at radius 2 is 1.75 bits per heavy atom.